The molecule has 7 nitrogen and oxygen atoms in total. The van der Waals surface area contributed by atoms with Gasteiger partial charge in [0.1, 0.15) is 11.5 Å². The zero-order chi connectivity index (χ0) is 22.8. The Bertz CT molecular complexity index is 1140. The molecule has 2 rings (SSSR count). The predicted molar refractivity (Wildman–Crippen MR) is 106 cm³/mol. The molecule has 0 unspecified atom stereocenters. The zero-order valence-corrected chi connectivity index (χ0v) is 17.6. The topological polar surface area (TPSA) is 90.5 Å². The number of rotatable bonds is 6. The molecule has 0 radical (unpaired) electrons. The van der Waals surface area contributed by atoms with Gasteiger partial charge in [0.05, 0.1) is 34.7 Å². The zero-order valence-electron chi connectivity index (χ0n) is 15.3. The normalized spacial score (nSPS) is 12.2. The number of thioether (sulfide) groups is 1. The van der Waals surface area contributed by atoms with E-state index in [0.29, 0.717) is 9.46 Å². The van der Waals surface area contributed by atoms with Gasteiger partial charge in [0.2, 0.25) is 0 Å². The first kappa shape index (κ1) is 23.9. The van der Waals surface area contributed by atoms with Gasteiger partial charge in [0.15, 0.2) is 0 Å². The summed E-state index contributed by atoms with van der Waals surface area (Å²) in [6.07, 6.45) is -4.06. The van der Waals surface area contributed by atoms with Crippen LogP contribution in [0, 0.1) is 0 Å². The van der Waals surface area contributed by atoms with Crippen LogP contribution in [0.25, 0.3) is 5.69 Å². The molecule has 30 heavy (non-hydrogen) atoms. The van der Waals surface area contributed by atoms with Crippen LogP contribution in [0.4, 0.5) is 13.2 Å². The number of ether oxygens (including phenoxy) is 1. The Morgan fingerprint density at radius 1 is 1.23 bits per heavy atom. The molecule has 0 atom stereocenters. The number of aromatic nitrogens is 2. The number of alkyl halides is 3. The first-order chi connectivity index (χ1) is 13.9. The van der Waals surface area contributed by atoms with E-state index in [1.54, 1.807) is 0 Å². The van der Waals surface area contributed by atoms with Crippen molar-refractivity contribution in [1.29, 1.82) is 0 Å². The maximum Gasteiger partial charge on any atom is 0.431 e. The number of hydrogen-bond acceptors (Lipinski definition) is 5. The van der Waals surface area contributed by atoms with Gasteiger partial charge in [0, 0.05) is 18.0 Å². The van der Waals surface area contributed by atoms with Gasteiger partial charge in [-0.2, -0.15) is 13.2 Å². The molecule has 162 valence electrons. The quantitative estimate of drug-likeness (QED) is 0.383. The van der Waals surface area contributed by atoms with Crippen molar-refractivity contribution < 1.29 is 27.8 Å². The number of methoxy groups -OCH3 is 1. The number of carbonyl (C=O) groups is 1. The van der Waals surface area contributed by atoms with Crippen molar-refractivity contribution >= 4 is 40.9 Å². The summed E-state index contributed by atoms with van der Waals surface area (Å²) in [6, 6.07) is 2.76. The average Bonchev–Trinajstić information content (AvgIpc) is 2.63. The highest BCUT2D eigenvalue weighted by molar-refractivity contribution is 7.99. The van der Waals surface area contributed by atoms with Crippen molar-refractivity contribution in [2.75, 3.05) is 12.9 Å². The molecule has 0 spiro atoms. The summed E-state index contributed by atoms with van der Waals surface area (Å²) in [5, 5.41) is 8.78. The maximum absolute atomic E-state index is 13.0. The van der Waals surface area contributed by atoms with Gasteiger partial charge < -0.3 is 9.84 Å². The first-order valence-electron chi connectivity index (χ1n) is 7.86. The molecule has 1 aromatic carbocycles. The van der Waals surface area contributed by atoms with E-state index >= 15 is 0 Å². The van der Waals surface area contributed by atoms with E-state index in [1.165, 1.54) is 19.2 Å². The molecule has 0 bridgehead atoms. The molecule has 2 aromatic rings. The second-order valence-corrected chi connectivity index (χ2v) is 7.55. The Morgan fingerprint density at radius 3 is 2.40 bits per heavy atom. The largest absolute Gasteiger partial charge is 0.500 e. The van der Waals surface area contributed by atoms with Crippen LogP contribution in [0.3, 0.4) is 0 Å². The van der Waals surface area contributed by atoms with E-state index in [0.717, 1.165) is 24.9 Å². The number of nitrogens with zero attached hydrogens (tertiary/aromatic N) is 2. The molecular weight excluding hydrogens is 472 g/mol. The minimum Gasteiger partial charge on any atom is -0.500 e. The van der Waals surface area contributed by atoms with Crippen molar-refractivity contribution in [1.82, 2.24) is 9.13 Å². The third-order valence-electron chi connectivity index (χ3n) is 3.77. The summed E-state index contributed by atoms with van der Waals surface area (Å²) in [7, 11) is 2.15. The third-order valence-corrected chi connectivity index (χ3v) is 5.57. The van der Waals surface area contributed by atoms with Crippen LogP contribution in [-0.4, -0.2) is 33.1 Å². The minimum absolute atomic E-state index is 0.0313. The Hall–Kier alpha value is -2.37. The Labute approximate surface area is 181 Å². The molecule has 1 heterocycles. The summed E-state index contributed by atoms with van der Waals surface area (Å²) < 4.78 is 44.8. The lowest BCUT2D eigenvalue weighted by Crippen LogP contribution is -2.40. The molecule has 0 aliphatic carbocycles. The number of benzene rings is 1. The Balaban J connectivity index is 2.58. The number of carboxylic acids is 1. The van der Waals surface area contributed by atoms with Gasteiger partial charge >= 0.3 is 17.8 Å². The molecule has 1 aromatic heterocycles. The van der Waals surface area contributed by atoms with Crippen LogP contribution in [-0.2, 0) is 22.8 Å². The average molecular weight is 485 g/mol. The molecule has 0 fully saturated rings. The lowest BCUT2D eigenvalue weighted by atomic mass is 10.3. The summed E-state index contributed by atoms with van der Waals surface area (Å²) in [5.41, 5.74) is -4.06. The van der Waals surface area contributed by atoms with E-state index in [9.17, 15) is 27.6 Å². The van der Waals surface area contributed by atoms with E-state index < -0.39 is 29.1 Å². The van der Waals surface area contributed by atoms with Crippen molar-refractivity contribution in [3.8, 4) is 5.69 Å². The van der Waals surface area contributed by atoms with Crippen LogP contribution in [0.2, 0.25) is 10.0 Å². The Kier molecular flexibility index (Phi) is 7.32. The van der Waals surface area contributed by atoms with Crippen LogP contribution in [0.15, 0.2) is 44.5 Å². The lowest BCUT2D eigenvalue weighted by Gasteiger charge is -2.16. The summed E-state index contributed by atoms with van der Waals surface area (Å²) in [6.45, 7) is 0. The van der Waals surface area contributed by atoms with E-state index in [4.69, 9.17) is 33.0 Å². The molecule has 0 amide bonds. The monoisotopic (exact) mass is 484 g/mol. The van der Waals surface area contributed by atoms with Crippen molar-refractivity contribution in [2.24, 2.45) is 7.05 Å². The minimum atomic E-state index is -4.90. The highest BCUT2D eigenvalue weighted by Gasteiger charge is 2.35. The second-order valence-electron chi connectivity index (χ2n) is 5.72. The molecule has 0 saturated carbocycles. The van der Waals surface area contributed by atoms with Gasteiger partial charge in [-0.3, -0.25) is 9.36 Å². The number of halogens is 5. The highest BCUT2D eigenvalue weighted by atomic mass is 35.5. The molecule has 0 aliphatic rings. The lowest BCUT2D eigenvalue weighted by molar-refractivity contribution is -0.144. The van der Waals surface area contributed by atoms with Crippen LogP contribution in [0.5, 0.6) is 0 Å². The molecule has 0 saturated heterocycles. The van der Waals surface area contributed by atoms with Crippen LogP contribution >= 0.6 is 35.0 Å². The number of hydrogen-bond donors (Lipinski definition) is 1. The summed E-state index contributed by atoms with van der Waals surface area (Å²) >= 11 is 13.2. The molecular formula is C17H13Cl2F3N2O5S. The van der Waals surface area contributed by atoms with Gasteiger partial charge in [0.25, 0.3) is 5.56 Å². The number of aliphatic carboxylic acids is 1. The highest BCUT2D eigenvalue weighted by Crippen LogP contribution is 2.34. The maximum atomic E-state index is 13.0. The van der Waals surface area contributed by atoms with Gasteiger partial charge in [-0.25, -0.2) is 14.2 Å². The standard InChI is InChI=1S/C17H13Cl2F3N2O5S/c1-23-13(17(20,21)22)6-14(25)24(16(23)28)11-5-12(10(19)4-9(11)18)30-7-8(29-2)3-15(26)27/h3-6H,7H2,1-2H3,(H,26,27)/b8-3-. The van der Waals surface area contributed by atoms with Crippen LogP contribution in [0.1, 0.15) is 5.69 Å². The van der Waals surface area contributed by atoms with Crippen molar-refractivity contribution in [3.63, 3.8) is 0 Å². The summed E-state index contributed by atoms with van der Waals surface area (Å²) in [5.74, 6) is -1.10. The fraction of sp³-hybridized carbons (Fsp3) is 0.235. The van der Waals surface area contributed by atoms with Gasteiger partial charge in [-0.15, -0.1) is 11.8 Å². The predicted octanol–water partition coefficient (Wildman–Crippen LogP) is 3.57. The number of carboxylic acid groups (broad SMARTS) is 1. The first-order valence-corrected chi connectivity index (χ1v) is 9.61. The van der Waals surface area contributed by atoms with Crippen molar-refractivity contribution in [3.05, 3.63) is 66.6 Å². The fourth-order valence-corrected chi connectivity index (χ4v) is 3.89. The SMILES string of the molecule is CO/C(=C\C(=O)O)CSc1cc(-n2c(=O)cc(C(F)(F)F)n(C)c2=O)c(Cl)cc1Cl. The fourth-order valence-electron chi connectivity index (χ4n) is 2.37. The van der Waals surface area contributed by atoms with Gasteiger partial charge in [-0.1, -0.05) is 23.2 Å². The van der Waals surface area contributed by atoms with Crippen molar-refractivity contribution in [2.45, 2.75) is 11.1 Å². The second kappa shape index (κ2) is 9.19. The summed E-state index contributed by atoms with van der Waals surface area (Å²) in [4.78, 5) is 35.8. The Morgan fingerprint density at radius 2 is 1.87 bits per heavy atom. The van der Waals surface area contributed by atoms with E-state index in [2.05, 4.69) is 0 Å². The van der Waals surface area contributed by atoms with Crippen LogP contribution < -0.4 is 11.2 Å². The molecule has 13 heteroatoms. The van der Waals surface area contributed by atoms with E-state index in [-0.39, 0.29) is 37.9 Å². The third kappa shape index (κ3) is 5.21. The van der Waals surface area contributed by atoms with Gasteiger partial charge in [-0.05, 0) is 12.1 Å². The molecule has 0 aliphatic heterocycles. The van der Waals surface area contributed by atoms with E-state index in [1.807, 2.05) is 0 Å². The molecule has 1 N–H and O–H groups in total. The smallest absolute Gasteiger partial charge is 0.431 e.